The fourth-order valence-electron chi connectivity index (χ4n) is 4.22. The molecule has 2 aliphatic carbocycles. The summed E-state index contributed by atoms with van der Waals surface area (Å²) < 4.78 is 6.28. The van der Waals surface area contributed by atoms with Gasteiger partial charge in [-0.05, 0) is 0 Å². The zero-order valence-electron chi connectivity index (χ0n) is 10.1. The fourth-order valence-corrected chi connectivity index (χ4v) is 15.3. The molecule has 0 saturated carbocycles. The van der Waals surface area contributed by atoms with Crippen molar-refractivity contribution in [3.05, 3.63) is 44.2 Å². The predicted molar refractivity (Wildman–Crippen MR) is 69.6 cm³/mol. The van der Waals surface area contributed by atoms with Crippen LogP contribution in [0.1, 0.15) is 19.8 Å². The minimum absolute atomic E-state index is 0.900. The molecule has 0 aromatic heterocycles. The van der Waals surface area contributed by atoms with Crippen molar-refractivity contribution in [3.8, 4) is 0 Å². The Morgan fingerprint density at radius 3 is 1.88 bits per heavy atom. The molecule has 3 aliphatic rings. The van der Waals surface area contributed by atoms with E-state index in [1.807, 2.05) is 0 Å². The van der Waals surface area contributed by atoms with Gasteiger partial charge in [0.15, 0.2) is 0 Å². The summed E-state index contributed by atoms with van der Waals surface area (Å²) in [4.78, 5) is 4.90. The van der Waals surface area contributed by atoms with E-state index in [4.69, 9.17) is 4.82 Å². The standard InChI is InChI=1S/2C5H5.C4H8.CH2.Ti/c2*1-2-4-5-3-1;1-4(2)3;;/h2*1-3H,4H2;4H,1-2H2,3H3;1H2;. The minimum atomic E-state index is -2.64. The van der Waals surface area contributed by atoms with Gasteiger partial charge in [-0.1, -0.05) is 0 Å². The summed E-state index contributed by atoms with van der Waals surface area (Å²) in [6, 6.07) is 0. The monoisotopic (exact) mass is 248 g/mol. The van der Waals surface area contributed by atoms with Crippen molar-refractivity contribution < 1.29 is 14.8 Å². The van der Waals surface area contributed by atoms with Crippen LogP contribution in [0.4, 0.5) is 0 Å². The van der Waals surface area contributed by atoms with E-state index in [9.17, 15) is 0 Å². The summed E-state index contributed by atoms with van der Waals surface area (Å²) in [5, 5.41) is 0. The van der Waals surface area contributed by atoms with Gasteiger partial charge in [-0.2, -0.15) is 0 Å². The van der Waals surface area contributed by atoms with E-state index in [0.29, 0.717) is 0 Å². The maximum absolute atomic E-state index is 4.90. The van der Waals surface area contributed by atoms with Gasteiger partial charge >= 0.3 is 99.0 Å². The van der Waals surface area contributed by atoms with Gasteiger partial charge in [0, 0.05) is 0 Å². The van der Waals surface area contributed by atoms with Crippen LogP contribution >= 0.6 is 0 Å². The van der Waals surface area contributed by atoms with Crippen LogP contribution in [-0.4, -0.2) is 4.82 Å². The first kappa shape index (κ1) is 10.7. The molecule has 0 atom stereocenters. The van der Waals surface area contributed by atoms with E-state index < -0.39 is 14.8 Å². The molecular formula is C15H20Ti. The summed E-state index contributed by atoms with van der Waals surface area (Å²) in [5.41, 5.74) is 0. The molecule has 16 heavy (non-hydrogen) atoms. The molecule has 3 rings (SSSR count). The van der Waals surface area contributed by atoms with E-state index in [0.717, 1.165) is 5.92 Å². The quantitative estimate of drug-likeness (QED) is 0.640. The molecule has 0 aromatic carbocycles. The van der Waals surface area contributed by atoms with Crippen molar-refractivity contribution in [2.45, 2.75) is 29.2 Å². The van der Waals surface area contributed by atoms with Crippen molar-refractivity contribution in [1.29, 1.82) is 0 Å². The first-order chi connectivity index (χ1) is 7.62. The average Bonchev–Trinajstić information content (AvgIpc) is 2.90. The predicted octanol–water partition coefficient (Wildman–Crippen LogP) is 4.28. The Morgan fingerprint density at radius 1 is 1.06 bits per heavy atom. The zero-order valence-corrected chi connectivity index (χ0v) is 11.6. The van der Waals surface area contributed by atoms with E-state index in [1.54, 1.807) is 7.76 Å². The van der Waals surface area contributed by atoms with Crippen LogP contribution < -0.4 is 0 Å². The third-order valence-electron chi connectivity index (χ3n) is 4.91. The molecule has 0 N–H and O–H groups in total. The molecule has 0 amide bonds. The Labute approximate surface area is 98.8 Å². The molecule has 0 bridgehead atoms. The molecule has 0 aromatic rings. The second kappa shape index (κ2) is 3.27. The summed E-state index contributed by atoms with van der Waals surface area (Å²) in [6.45, 7) is 2.39. The van der Waals surface area contributed by atoms with Gasteiger partial charge in [-0.25, -0.2) is 0 Å². The van der Waals surface area contributed by atoms with Crippen molar-refractivity contribution in [2.24, 2.45) is 5.92 Å². The van der Waals surface area contributed by atoms with Crippen molar-refractivity contribution in [2.75, 3.05) is 0 Å². The number of rotatable bonds is 2. The molecule has 1 saturated heterocycles. The molecular weight excluding hydrogens is 228 g/mol. The number of hydrogen-bond acceptors (Lipinski definition) is 0. The molecule has 1 fully saturated rings. The Bertz CT molecular complexity index is 466. The van der Waals surface area contributed by atoms with Gasteiger partial charge in [0.05, 0.1) is 0 Å². The van der Waals surface area contributed by atoms with Gasteiger partial charge in [0.1, 0.15) is 0 Å². The molecule has 1 aliphatic heterocycles. The first-order valence-corrected chi connectivity index (χ1v) is 11.3. The Balaban J connectivity index is 2.06. The number of allylic oxidation sites excluding steroid dienone is 8. The average molecular weight is 248 g/mol. The van der Waals surface area contributed by atoms with Gasteiger partial charge in [0.25, 0.3) is 0 Å². The molecule has 0 spiro atoms. The summed E-state index contributed by atoms with van der Waals surface area (Å²) >= 11 is -2.64. The van der Waals surface area contributed by atoms with Gasteiger partial charge < -0.3 is 0 Å². The summed E-state index contributed by atoms with van der Waals surface area (Å²) in [5.74, 6) is 0.900. The van der Waals surface area contributed by atoms with E-state index >= 15 is 0 Å². The van der Waals surface area contributed by atoms with Crippen molar-refractivity contribution >= 4 is 4.82 Å². The van der Waals surface area contributed by atoms with E-state index in [2.05, 4.69) is 43.4 Å². The SMILES string of the molecule is [CH2]=[Ti]1([C]2=CC=CC2)([C]2=CC=CC2)[CH2]C(C)[CH2]1. The van der Waals surface area contributed by atoms with E-state index in [-0.39, 0.29) is 0 Å². The van der Waals surface area contributed by atoms with Crippen LogP contribution in [0.2, 0.25) is 9.45 Å². The normalized spacial score (nSPS) is 32.9. The van der Waals surface area contributed by atoms with E-state index in [1.165, 1.54) is 22.3 Å². The molecule has 0 unspecified atom stereocenters. The third kappa shape index (κ3) is 1.23. The summed E-state index contributed by atoms with van der Waals surface area (Å²) in [7, 11) is 0. The number of hydrogen-bond donors (Lipinski definition) is 0. The van der Waals surface area contributed by atoms with Crippen LogP contribution in [-0.2, 0) is 14.8 Å². The van der Waals surface area contributed by atoms with Gasteiger partial charge in [-0.3, -0.25) is 0 Å². The fraction of sp³-hybridized carbons (Fsp3) is 0.400. The van der Waals surface area contributed by atoms with Gasteiger partial charge in [-0.15, -0.1) is 0 Å². The Hall–Kier alpha value is -0.456. The Kier molecular flexibility index (Phi) is 2.19. The van der Waals surface area contributed by atoms with Gasteiger partial charge in [0.2, 0.25) is 0 Å². The maximum atomic E-state index is 4.90. The zero-order chi connectivity index (χ0) is 11.3. The van der Waals surface area contributed by atoms with Crippen molar-refractivity contribution in [3.63, 3.8) is 0 Å². The Morgan fingerprint density at radius 2 is 1.56 bits per heavy atom. The topological polar surface area (TPSA) is 0 Å². The second-order valence-electron chi connectivity index (χ2n) is 6.10. The van der Waals surface area contributed by atoms with Crippen LogP contribution in [0.25, 0.3) is 0 Å². The molecule has 1 heterocycles. The van der Waals surface area contributed by atoms with Crippen LogP contribution in [0, 0.1) is 5.92 Å². The molecule has 84 valence electrons. The second-order valence-corrected chi connectivity index (χ2v) is 15.4. The summed E-state index contributed by atoms with van der Waals surface area (Å²) in [6.07, 6.45) is 16.2. The van der Waals surface area contributed by atoms with Crippen LogP contribution in [0.3, 0.4) is 0 Å². The molecule has 0 radical (unpaired) electrons. The van der Waals surface area contributed by atoms with Crippen LogP contribution in [0.5, 0.6) is 0 Å². The first-order valence-electron chi connectivity index (χ1n) is 6.39. The van der Waals surface area contributed by atoms with Crippen LogP contribution in [0.15, 0.2) is 44.2 Å². The molecule has 1 heteroatoms. The molecule has 0 nitrogen and oxygen atoms in total. The third-order valence-corrected chi connectivity index (χ3v) is 16.6. The van der Waals surface area contributed by atoms with Crippen molar-refractivity contribution in [1.82, 2.24) is 0 Å².